The average molecular weight is 417 g/mol. The van der Waals surface area contributed by atoms with Gasteiger partial charge >= 0.3 is 0 Å². The van der Waals surface area contributed by atoms with Gasteiger partial charge in [0.2, 0.25) is 0 Å². The molecule has 0 aliphatic carbocycles. The zero-order valence-electron chi connectivity index (χ0n) is 17.5. The number of aliphatic hydroxyl groups is 3. The van der Waals surface area contributed by atoms with Gasteiger partial charge in [0.25, 0.3) is 0 Å². The van der Waals surface area contributed by atoms with E-state index >= 15 is 0 Å². The molecule has 0 aliphatic heterocycles. The van der Waals surface area contributed by atoms with Gasteiger partial charge in [0.05, 0.1) is 18.8 Å². The molecule has 0 aliphatic rings. The molecule has 4 nitrogen and oxygen atoms in total. The van der Waals surface area contributed by atoms with E-state index in [-0.39, 0.29) is 13.2 Å². The SMILES string of the molecule is CC/C(=C\C=C\C(O)(CC)CC)c1ccc(COc2ccc(CO)c(CO)c2)s1. The predicted molar refractivity (Wildman–Crippen MR) is 120 cm³/mol. The van der Waals surface area contributed by atoms with Crippen molar-refractivity contribution in [3.05, 3.63) is 69.4 Å². The molecule has 2 aromatic rings. The molecule has 1 aromatic heterocycles. The number of aliphatic hydroxyl groups excluding tert-OH is 2. The van der Waals surface area contributed by atoms with Crippen LogP contribution in [0, 0.1) is 0 Å². The molecule has 0 spiro atoms. The zero-order valence-corrected chi connectivity index (χ0v) is 18.3. The minimum Gasteiger partial charge on any atom is -0.488 e. The topological polar surface area (TPSA) is 69.9 Å². The number of benzene rings is 1. The van der Waals surface area contributed by atoms with Crippen LogP contribution in [0.3, 0.4) is 0 Å². The van der Waals surface area contributed by atoms with Crippen molar-refractivity contribution in [2.45, 2.75) is 65.5 Å². The number of thiophene rings is 1. The molecule has 0 saturated heterocycles. The Balaban J connectivity index is 2.05. The largest absolute Gasteiger partial charge is 0.488 e. The maximum Gasteiger partial charge on any atom is 0.122 e. The lowest BCUT2D eigenvalue weighted by Gasteiger charge is -2.19. The van der Waals surface area contributed by atoms with Crippen molar-refractivity contribution in [1.29, 1.82) is 0 Å². The molecule has 0 radical (unpaired) electrons. The molecule has 1 aromatic carbocycles. The quantitative estimate of drug-likeness (QED) is 0.440. The minimum atomic E-state index is -0.733. The van der Waals surface area contributed by atoms with Crippen LogP contribution < -0.4 is 4.74 Å². The van der Waals surface area contributed by atoms with Gasteiger partial charge in [0.1, 0.15) is 12.4 Å². The first-order valence-corrected chi connectivity index (χ1v) is 11.0. The lowest BCUT2D eigenvalue weighted by molar-refractivity contribution is 0.0828. The maximum atomic E-state index is 10.4. The first kappa shape index (κ1) is 23.4. The summed E-state index contributed by atoms with van der Waals surface area (Å²) in [6, 6.07) is 9.52. The van der Waals surface area contributed by atoms with Crippen molar-refractivity contribution in [3.8, 4) is 5.75 Å². The van der Waals surface area contributed by atoms with E-state index in [1.165, 1.54) is 10.5 Å². The third kappa shape index (κ3) is 6.54. The molecular weight excluding hydrogens is 384 g/mol. The van der Waals surface area contributed by atoms with Gasteiger partial charge in [-0.15, -0.1) is 11.3 Å². The van der Waals surface area contributed by atoms with Crippen LogP contribution in [0.4, 0.5) is 0 Å². The molecule has 158 valence electrons. The van der Waals surface area contributed by atoms with E-state index in [4.69, 9.17) is 4.74 Å². The fourth-order valence-corrected chi connectivity index (χ4v) is 4.00. The Kier molecular flexibility index (Phi) is 9.11. The lowest BCUT2D eigenvalue weighted by Crippen LogP contribution is -2.22. The van der Waals surface area contributed by atoms with Gasteiger partial charge in [0, 0.05) is 9.75 Å². The molecule has 0 bridgehead atoms. The first-order chi connectivity index (χ1) is 14.0. The smallest absolute Gasteiger partial charge is 0.122 e. The summed E-state index contributed by atoms with van der Waals surface area (Å²) in [5, 5.41) is 29.1. The van der Waals surface area contributed by atoms with Gasteiger partial charge in [-0.05, 0) is 60.2 Å². The highest BCUT2D eigenvalue weighted by Gasteiger charge is 2.17. The Morgan fingerprint density at radius 3 is 2.38 bits per heavy atom. The van der Waals surface area contributed by atoms with Gasteiger partial charge in [0.15, 0.2) is 0 Å². The lowest BCUT2D eigenvalue weighted by atomic mass is 9.97. The van der Waals surface area contributed by atoms with E-state index < -0.39 is 5.60 Å². The van der Waals surface area contributed by atoms with Crippen LogP contribution in [0.1, 0.15) is 60.9 Å². The van der Waals surface area contributed by atoms with E-state index in [1.54, 1.807) is 23.5 Å². The zero-order chi connectivity index (χ0) is 21.3. The number of rotatable bonds is 11. The second kappa shape index (κ2) is 11.3. The summed E-state index contributed by atoms with van der Waals surface area (Å²) < 4.78 is 5.87. The summed E-state index contributed by atoms with van der Waals surface area (Å²) in [6.07, 6.45) is 8.23. The van der Waals surface area contributed by atoms with Crippen molar-refractivity contribution in [2.24, 2.45) is 0 Å². The maximum absolute atomic E-state index is 10.4. The second-order valence-corrected chi connectivity index (χ2v) is 8.18. The molecular formula is C24H32O4S. The van der Waals surface area contributed by atoms with Gasteiger partial charge in [-0.1, -0.05) is 45.1 Å². The molecule has 3 N–H and O–H groups in total. The Bertz CT molecular complexity index is 831. The van der Waals surface area contributed by atoms with Gasteiger partial charge < -0.3 is 20.1 Å². The van der Waals surface area contributed by atoms with Gasteiger partial charge in [-0.3, -0.25) is 0 Å². The van der Waals surface area contributed by atoms with Crippen molar-refractivity contribution < 1.29 is 20.1 Å². The summed E-state index contributed by atoms with van der Waals surface area (Å²) in [4.78, 5) is 2.30. The summed E-state index contributed by atoms with van der Waals surface area (Å²) in [7, 11) is 0. The first-order valence-electron chi connectivity index (χ1n) is 10.1. The normalized spacial score (nSPS) is 12.7. The molecule has 1 heterocycles. The van der Waals surface area contributed by atoms with E-state index in [1.807, 2.05) is 32.1 Å². The van der Waals surface area contributed by atoms with Crippen molar-refractivity contribution in [1.82, 2.24) is 0 Å². The Hall–Kier alpha value is -1.92. The van der Waals surface area contributed by atoms with E-state index in [0.29, 0.717) is 36.3 Å². The highest BCUT2D eigenvalue weighted by molar-refractivity contribution is 7.13. The van der Waals surface area contributed by atoms with Crippen LogP contribution >= 0.6 is 11.3 Å². The van der Waals surface area contributed by atoms with Crippen LogP contribution in [0.5, 0.6) is 5.75 Å². The third-order valence-corrected chi connectivity index (χ3v) is 6.32. The van der Waals surface area contributed by atoms with Crippen LogP contribution in [0.2, 0.25) is 0 Å². The summed E-state index contributed by atoms with van der Waals surface area (Å²) >= 11 is 1.69. The highest BCUT2D eigenvalue weighted by atomic mass is 32.1. The number of hydrogen-bond donors (Lipinski definition) is 3. The van der Waals surface area contributed by atoms with Crippen LogP contribution in [0.15, 0.2) is 48.6 Å². The molecule has 0 unspecified atom stereocenters. The van der Waals surface area contributed by atoms with Gasteiger partial charge in [-0.25, -0.2) is 0 Å². The minimum absolute atomic E-state index is 0.0983. The van der Waals surface area contributed by atoms with Crippen molar-refractivity contribution in [3.63, 3.8) is 0 Å². The van der Waals surface area contributed by atoms with Crippen molar-refractivity contribution >= 4 is 16.9 Å². The predicted octanol–water partition coefficient (Wildman–Crippen LogP) is 5.21. The highest BCUT2D eigenvalue weighted by Crippen LogP contribution is 2.28. The van der Waals surface area contributed by atoms with Crippen LogP contribution in [0.25, 0.3) is 5.57 Å². The van der Waals surface area contributed by atoms with Crippen LogP contribution in [-0.4, -0.2) is 20.9 Å². The summed E-state index contributed by atoms with van der Waals surface area (Å²) in [5.74, 6) is 0.675. The Morgan fingerprint density at radius 2 is 1.76 bits per heavy atom. The fraction of sp³-hybridized carbons (Fsp3) is 0.417. The summed E-state index contributed by atoms with van der Waals surface area (Å²) in [6.45, 7) is 6.33. The molecule has 0 fully saturated rings. The molecule has 0 saturated carbocycles. The van der Waals surface area contributed by atoms with E-state index in [9.17, 15) is 15.3 Å². The number of allylic oxidation sites excluding steroid dienone is 3. The fourth-order valence-electron chi connectivity index (χ4n) is 2.98. The van der Waals surface area contributed by atoms with Gasteiger partial charge in [-0.2, -0.15) is 0 Å². The van der Waals surface area contributed by atoms with E-state index in [0.717, 1.165) is 11.3 Å². The monoisotopic (exact) mass is 416 g/mol. The summed E-state index contributed by atoms with van der Waals surface area (Å²) in [5.41, 5.74) is 1.88. The number of hydrogen-bond acceptors (Lipinski definition) is 5. The van der Waals surface area contributed by atoms with Crippen LogP contribution in [-0.2, 0) is 19.8 Å². The standard InChI is InChI=1S/C24H32O4S/c1-4-18(8-7-13-24(27,5-2)6-3)23-12-11-22(29-23)17-28-21-10-9-19(15-25)20(14-21)16-26/h7-14,25-27H,4-6,15-17H2,1-3H3/b13-7+,18-8+. The Morgan fingerprint density at radius 1 is 1.03 bits per heavy atom. The molecule has 0 amide bonds. The third-order valence-electron chi connectivity index (χ3n) is 5.19. The number of ether oxygens (including phenoxy) is 1. The molecule has 29 heavy (non-hydrogen) atoms. The average Bonchev–Trinajstić information content (AvgIpc) is 3.23. The molecule has 5 heteroatoms. The molecule has 2 rings (SSSR count). The molecule has 0 atom stereocenters. The van der Waals surface area contributed by atoms with Crippen molar-refractivity contribution in [2.75, 3.05) is 0 Å². The Labute approximate surface area is 177 Å². The second-order valence-electron chi connectivity index (χ2n) is 7.02. The van der Waals surface area contributed by atoms with E-state index in [2.05, 4.69) is 25.1 Å².